The quantitative estimate of drug-likeness (QED) is 0.395. The number of rotatable bonds is 9. The first-order valence-corrected chi connectivity index (χ1v) is 6.82. The third kappa shape index (κ3) is 10.3. The van der Waals surface area contributed by atoms with Crippen LogP contribution in [0, 0.1) is 5.92 Å². The van der Waals surface area contributed by atoms with Crippen molar-refractivity contribution >= 4 is 11.9 Å². The molecule has 0 aromatic carbocycles. The molecule has 0 aliphatic rings. The largest absolute Gasteiger partial charge is 0.481 e. The molecule has 0 aliphatic heterocycles. The molecule has 0 rings (SSSR count). The maximum Gasteiger partial charge on any atom is 0.307 e. The van der Waals surface area contributed by atoms with Gasteiger partial charge in [-0.2, -0.15) is 0 Å². The van der Waals surface area contributed by atoms with Gasteiger partial charge < -0.3 is 9.84 Å². The molecule has 19 heavy (non-hydrogen) atoms. The van der Waals surface area contributed by atoms with Crippen molar-refractivity contribution in [3.63, 3.8) is 0 Å². The molecule has 0 aliphatic carbocycles. The van der Waals surface area contributed by atoms with Gasteiger partial charge in [0.15, 0.2) is 0 Å². The van der Waals surface area contributed by atoms with Gasteiger partial charge in [0, 0.05) is 0 Å². The topological polar surface area (TPSA) is 63.6 Å². The van der Waals surface area contributed by atoms with Crippen LogP contribution in [-0.2, 0) is 14.3 Å². The number of allylic oxidation sites excluding steroid dienone is 1. The lowest BCUT2D eigenvalue weighted by molar-refractivity contribution is -0.160. The van der Waals surface area contributed by atoms with E-state index in [0.717, 1.165) is 25.7 Å². The number of carbonyl (C=O) groups is 2. The van der Waals surface area contributed by atoms with Crippen molar-refractivity contribution in [3.8, 4) is 0 Å². The molecule has 0 heterocycles. The van der Waals surface area contributed by atoms with Gasteiger partial charge in [-0.1, -0.05) is 18.9 Å². The van der Waals surface area contributed by atoms with Crippen LogP contribution in [0.15, 0.2) is 12.7 Å². The normalized spacial score (nSPS) is 12.8. The van der Waals surface area contributed by atoms with Gasteiger partial charge in [0.05, 0.1) is 12.3 Å². The van der Waals surface area contributed by atoms with Crippen molar-refractivity contribution in [2.24, 2.45) is 5.92 Å². The van der Waals surface area contributed by atoms with E-state index in [-0.39, 0.29) is 6.42 Å². The van der Waals surface area contributed by atoms with E-state index in [1.54, 1.807) is 20.8 Å². The van der Waals surface area contributed by atoms with Crippen LogP contribution in [0.2, 0.25) is 0 Å². The number of unbranched alkanes of at least 4 members (excludes halogenated alkanes) is 3. The number of carboxylic acid groups (broad SMARTS) is 1. The van der Waals surface area contributed by atoms with E-state index in [2.05, 4.69) is 6.58 Å². The summed E-state index contributed by atoms with van der Waals surface area (Å²) in [5.74, 6) is -2.00. The Morgan fingerprint density at radius 1 is 1.26 bits per heavy atom. The number of hydrogen-bond acceptors (Lipinski definition) is 3. The van der Waals surface area contributed by atoms with Gasteiger partial charge in [-0.15, -0.1) is 6.58 Å². The second-order valence-corrected chi connectivity index (χ2v) is 5.75. The van der Waals surface area contributed by atoms with E-state index >= 15 is 0 Å². The van der Waals surface area contributed by atoms with E-state index in [4.69, 9.17) is 9.84 Å². The van der Waals surface area contributed by atoms with Crippen molar-refractivity contribution in [1.29, 1.82) is 0 Å². The molecule has 0 bridgehead atoms. The number of carbonyl (C=O) groups excluding carboxylic acids is 1. The van der Waals surface area contributed by atoms with Crippen molar-refractivity contribution in [2.45, 2.75) is 64.9 Å². The van der Waals surface area contributed by atoms with Gasteiger partial charge in [0.2, 0.25) is 0 Å². The summed E-state index contributed by atoms with van der Waals surface area (Å²) in [6.07, 6.45) is 6.07. The van der Waals surface area contributed by atoms with Gasteiger partial charge in [0.25, 0.3) is 0 Å². The molecular weight excluding hydrogens is 244 g/mol. The number of aliphatic carboxylic acids is 1. The van der Waals surface area contributed by atoms with Crippen LogP contribution in [0.25, 0.3) is 0 Å². The van der Waals surface area contributed by atoms with Gasteiger partial charge in [-0.05, 0) is 40.0 Å². The highest BCUT2D eigenvalue weighted by Crippen LogP contribution is 2.18. The monoisotopic (exact) mass is 270 g/mol. The van der Waals surface area contributed by atoms with E-state index < -0.39 is 23.5 Å². The Balaban J connectivity index is 4.08. The summed E-state index contributed by atoms with van der Waals surface area (Å²) in [4.78, 5) is 22.7. The van der Waals surface area contributed by atoms with Crippen molar-refractivity contribution < 1.29 is 19.4 Å². The molecule has 0 fully saturated rings. The first-order chi connectivity index (χ1) is 8.76. The lowest BCUT2D eigenvalue weighted by atomic mass is 9.97. The molecule has 110 valence electrons. The molecule has 0 radical (unpaired) electrons. The Hall–Kier alpha value is -1.32. The standard InChI is InChI=1S/C15H26O4/c1-5-6-7-8-9-10-12(14(17)18)11-13(16)19-15(2,3)4/h5,12H,1,6-11H2,2-4H3,(H,17,18)/t12-/m1/s1. The molecule has 4 heteroatoms. The highest BCUT2D eigenvalue weighted by atomic mass is 16.6. The summed E-state index contributed by atoms with van der Waals surface area (Å²) in [6, 6.07) is 0. The fourth-order valence-electron chi connectivity index (χ4n) is 1.75. The van der Waals surface area contributed by atoms with Crippen molar-refractivity contribution in [1.82, 2.24) is 0 Å². The Bertz CT molecular complexity index is 302. The molecule has 0 amide bonds. The predicted molar refractivity (Wildman–Crippen MR) is 74.9 cm³/mol. The molecule has 0 aromatic heterocycles. The summed E-state index contributed by atoms with van der Waals surface area (Å²) in [5.41, 5.74) is -0.565. The Morgan fingerprint density at radius 3 is 2.37 bits per heavy atom. The minimum absolute atomic E-state index is 0.0476. The average molecular weight is 270 g/mol. The molecule has 0 aromatic rings. The second-order valence-electron chi connectivity index (χ2n) is 5.75. The fraction of sp³-hybridized carbons (Fsp3) is 0.733. The van der Waals surface area contributed by atoms with E-state index in [1.165, 1.54) is 0 Å². The maximum absolute atomic E-state index is 11.6. The molecule has 4 nitrogen and oxygen atoms in total. The zero-order chi connectivity index (χ0) is 14.9. The Labute approximate surface area is 115 Å². The Kier molecular flexibility index (Phi) is 8.12. The van der Waals surface area contributed by atoms with Crippen LogP contribution in [0.1, 0.15) is 59.3 Å². The van der Waals surface area contributed by atoms with Gasteiger partial charge >= 0.3 is 11.9 Å². The summed E-state index contributed by atoms with van der Waals surface area (Å²) >= 11 is 0. The number of hydrogen-bond donors (Lipinski definition) is 1. The predicted octanol–water partition coefficient (Wildman–Crippen LogP) is 3.56. The fourth-order valence-corrected chi connectivity index (χ4v) is 1.75. The molecule has 1 N–H and O–H groups in total. The third-order valence-electron chi connectivity index (χ3n) is 2.64. The molecule has 1 atom stereocenters. The van der Waals surface area contributed by atoms with Crippen LogP contribution < -0.4 is 0 Å². The van der Waals surface area contributed by atoms with Crippen molar-refractivity contribution in [2.75, 3.05) is 0 Å². The van der Waals surface area contributed by atoms with E-state index in [9.17, 15) is 9.59 Å². The van der Waals surface area contributed by atoms with Gasteiger partial charge in [-0.3, -0.25) is 9.59 Å². The first kappa shape index (κ1) is 17.7. The number of ether oxygens (including phenoxy) is 1. The maximum atomic E-state index is 11.6. The van der Waals surface area contributed by atoms with Crippen LogP contribution in [0.4, 0.5) is 0 Å². The zero-order valence-electron chi connectivity index (χ0n) is 12.3. The molecule has 0 spiro atoms. The lowest BCUT2D eigenvalue weighted by Gasteiger charge is -2.21. The summed E-state index contributed by atoms with van der Waals surface area (Å²) in [6.45, 7) is 8.96. The minimum atomic E-state index is -0.922. The van der Waals surface area contributed by atoms with Crippen molar-refractivity contribution in [3.05, 3.63) is 12.7 Å². The van der Waals surface area contributed by atoms with Crippen LogP contribution in [0.5, 0.6) is 0 Å². The van der Waals surface area contributed by atoms with Gasteiger partial charge in [0.1, 0.15) is 5.60 Å². The molecule has 0 unspecified atom stereocenters. The minimum Gasteiger partial charge on any atom is -0.481 e. The third-order valence-corrected chi connectivity index (χ3v) is 2.64. The molecule has 0 saturated carbocycles. The van der Waals surface area contributed by atoms with Crippen LogP contribution in [-0.4, -0.2) is 22.6 Å². The SMILES string of the molecule is C=CCCCCC[C@H](CC(=O)OC(C)(C)C)C(=O)O. The number of carboxylic acids is 1. The highest BCUT2D eigenvalue weighted by Gasteiger charge is 2.24. The summed E-state index contributed by atoms with van der Waals surface area (Å²) < 4.78 is 5.15. The van der Waals surface area contributed by atoms with Crippen LogP contribution >= 0.6 is 0 Å². The second kappa shape index (κ2) is 8.73. The summed E-state index contributed by atoms with van der Waals surface area (Å²) in [7, 11) is 0. The van der Waals surface area contributed by atoms with E-state index in [0.29, 0.717) is 6.42 Å². The zero-order valence-corrected chi connectivity index (χ0v) is 12.3. The Morgan fingerprint density at radius 2 is 1.89 bits per heavy atom. The van der Waals surface area contributed by atoms with Gasteiger partial charge in [-0.25, -0.2) is 0 Å². The van der Waals surface area contributed by atoms with E-state index in [1.807, 2.05) is 6.08 Å². The van der Waals surface area contributed by atoms with Crippen LogP contribution in [0.3, 0.4) is 0 Å². The smallest absolute Gasteiger partial charge is 0.307 e. The highest BCUT2D eigenvalue weighted by molar-refractivity contribution is 5.78. The first-order valence-electron chi connectivity index (χ1n) is 6.82. The molecular formula is C15H26O4. The molecule has 0 saturated heterocycles. The average Bonchev–Trinajstić information content (AvgIpc) is 2.24. The lowest BCUT2D eigenvalue weighted by Crippen LogP contribution is -2.27. The summed E-state index contributed by atoms with van der Waals surface area (Å²) in [5, 5.41) is 9.10. The number of esters is 1.